The molecule has 2 N–H and O–H groups in total. The number of rotatable bonds is 4. The molecule has 0 heterocycles. The highest BCUT2D eigenvalue weighted by molar-refractivity contribution is 5.36. The van der Waals surface area contributed by atoms with Crippen LogP contribution in [-0.4, -0.2) is 6.61 Å². The smallest absolute Gasteiger partial charge is 0.165 e. The van der Waals surface area contributed by atoms with Gasteiger partial charge in [0.05, 0.1) is 6.61 Å². The zero-order valence-electron chi connectivity index (χ0n) is 10.3. The molecular weight excluding hydrogens is 217 g/mol. The van der Waals surface area contributed by atoms with E-state index in [4.69, 9.17) is 10.5 Å². The lowest BCUT2D eigenvalue weighted by Crippen LogP contribution is -2.13. The quantitative estimate of drug-likeness (QED) is 0.871. The minimum Gasteiger partial charge on any atom is -0.490 e. The van der Waals surface area contributed by atoms with E-state index in [1.807, 2.05) is 13.0 Å². The van der Waals surface area contributed by atoms with Crippen LogP contribution in [0.25, 0.3) is 0 Å². The van der Waals surface area contributed by atoms with Gasteiger partial charge in [-0.3, -0.25) is 0 Å². The van der Waals surface area contributed by atoms with Crippen molar-refractivity contribution >= 4 is 0 Å². The molecule has 2 nitrogen and oxygen atoms in total. The Morgan fingerprint density at radius 3 is 2.76 bits per heavy atom. The maximum absolute atomic E-state index is 13.7. The van der Waals surface area contributed by atoms with Gasteiger partial charge in [0, 0.05) is 11.6 Å². The maximum Gasteiger partial charge on any atom is 0.165 e. The third-order valence-corrected chi connectivity index (χ3v) is 3.43. The molecule has 1 aliphatic rings. The van der Waals surface area contributed by atoms with E-state index in [-0.39, 0.29) is 11.9 Å². The van der Waals surface area contributed by atoms with Gasteiger partial charge in [0.25, 0.3) is 0 Å². The van der Waals surface area contributed by atoms with Crippen LogP contribution in [0.3, 0.4) is 0 Å². The minimum absolute atomic E-state index is 0.204. The van der Waals surface area contributed by atoms with Gasteiger partial charge < -0.3 is 10.5 Å². The van der Waals surface area contributed by atoms with E-state index in [1.54, 1.807) is 6.07 Å². The van der Waals surface area contributed by atoms with Gasteiger partial charge in [-0.25, -0.2) is 4.39 Å². The van der Waals surface area contributed by atoms with Crippen molar-refractivity contribution in [2.75, 3.05) is 6.61 Å². The molecule has 3 heteroatoms. The second-order valence-electron chi connectivity index (χ2n) is 4.91. The molecule has 1 saturated carbocycles. The summed E-state index contributed by atoms with van der Waals surface area (Å²) in [5, 5.41) is 0. The Hall–Kier alpha value is -1.09. The molecule has 0 saturated heterocycles. The number of hydrogen-bond acceptors (Lipinski definition) is 2. The van der Waals surface area contributed by atoms with Gasteiger partial charge in [-0.2, -0.15) is 0 Å². The summed E-state index contributed by atoms with van der Waals surface area (Å²) in [4.78, 5) is 0. The van der Waals surface area contributed by atoms with E-state index >= 15 is 0 Å². The van der Waals surface area contributed by atoms with Crippen molar-refractivity contribution in [1.29, 1.82) is 0 Å². The predicted molar refractivity (Wildman–Crippen MR) is 66.5 cm³/mol. The second kappa shape index (κ2) is 5.50. The zero-order valence-corrected chi connectivity index (χ0v) is 10.3. The normalized spacial score (nSPS) is 18.3. The highest BCUT2D eigenvalue weighted by Crippen LogP contribution is 2.30. The first kappa shape index (κ1) is 12.4. The number of ether oxygens (including phenoxy) is 1. The largest absolute Gasteiger partial charge is 0.490 e. The van der Waals surface area contributed by atoms with Crippen molar-refractivity contribution < 1.29 is 9.13 Å². The number of nitrogens with two attached hydrogens (primary N) is 1. The van der Waals surface area contributed by atoms with Crippen molar-refractivity contribution in [3.8, 4) is 5.75 Å². The van der Waals surface area contributed by atoms with Gasteiger partial charge in [0.15, 0.2) is 11.6 Å². The minimum atomic E-state index is -0.308. The first-order valence-corrected chi connectivity index (χ1v) is 6.35. The van der Waals surface area contributed by atoms with Crippen LogP contribution in [0.4, 0.5) is 4.39 Å². The molecule has 0 unspecified atom stereocenters. The monoisotopic (exact) mass is 237 g/mol. The number of hydrogen-bond donors (Lipinski definition) is 1. The van der Waals surface area contributed by atoms with E-state index in [0.29, 0.717) is 18.3 Å². The summed E-state index contributed by atoms with van der Waals surface area (Å²) in [6.07, 6.45) is 4.93. The molecule has 1 aliphatic carbocycles. The van der Waals surface area contributed by atoms with Gasteiger partial charge in [-0.05, 0) is 31.7 Å². The summed E-state index contributed by atoms with van der Waals surface area (Å²) >= 11 is 0. The van der Waals surface area contributed by atoms with Crippen LogP contribution in [0.1, 0.15) is 44.2 Å². The summed E-state index contributed by atoms with van der Waals surface area (Å²) < 4.78 is 19.4. The van der Waals surface area contributed by atoms with Crippen molar-refractivity contribution in [3.05, 3.63) is 29.6 Å². The van der Waals surface area contributed by atoms with Crippen LogP contribution < -0.4 is 10.5 Å². The van der Waals surface area contributed by atoms with E-state index in [2.05, 4.69) is 0 Å². The topological polar surface area (TPSA) is 35.2 Å². The van der Waals surface area contributed by atoms with Crippen molar-refractivity contribution in [3.63, 3.8) is 0 Å². The molecule has 0 amide bonds. The molecule has 0 aromatic heterocycles. The van der Waals surface area contributed by atoms with E-state index < -0.39 is 0 Å². The third-order valence-electron chi connectivity index (χ3n) is 3.43. The van der Waals surface area contributed by atoms with Crippen LogP contribution in [0.2, 0.25) is 0 Å². The first-order valence-electron chi connectivity index (χ1n) is 6.35. The third kappa shape index (κ3) is 2.97. The molecule has 0 radical (unpaired) electrons. The standard InChI is InChI=1S/C14H20FNO/c1-10(16)12-7-4-8-13(15)14(12)17-9-11-5-2-3-6-11/h4,7-8,10-11H,2-3,5-6,9,16H2,1H3/t10-/m0/s1. The van der Waals surface area contributed by atoms with E-state index in [1.165, 1.54) is 31.7 Å². The Balaban J connectivity index is 2.07. The molecule has 1 aromatic rings. The first-order chi connectivity index (χ1) is 8.18. The fraction of sp³-hybridized carbons (Fsp3) is 0.571. The van der Waals surface area contributed by atoms with Crippen LogP contribution in [0.5, 0.6) is 5.75 Å². The highest BCUT2D eigenvalue weighted by Gasteiger charge is 2.18. The summed E-state index contributed by atoms with van der Waals surface area (Å²) in [5.74, 6) is 0.614. The van der Waals surface area contributed by atoms with E-state index in [0.717, 1.165) is 5.56 Å². The number of halogens is 1. The molecule has 1 aromatic carbocycles. The Morgan fingerprint density at radius 1 is 1.41 bits per heavy atom. The summed E-state index contributed by atoms with van der Waals surface area (Å²) in [6, 6.07) is 4.73. The van der Waals surface area contributed by atoms with Crippen LogP contribution in [0.15, 0.2) is 18.2 Å². The summed E-state index contributed by atoms with van der Waals surface area (Å²) in [5.41, 5.74) is 6.57. The summed E-state index contributed by atoms with van der Waals surface area (Å²) in [6.45, 7) is 2.46. The average molecular weight is 237 g/mol. The van der Waals surface area contributed by atoms with Gasteiger partial charge in [0.1, 0.15) is 0 Å². The lowest BCUT2D eigenvalue weighted by molar-refractivity contribution is 0.239. The van der Waals surface area contributed by atoms with Gasteiger partial charge in [-0.15, -0.1) is 0 Å². The molecule has 2 rings (SSSR count). The van der Waals surface area contributed by atoms with Crippen LogP contribution in [-0.2, 0) is 0 Å². The fourth-order valence-electron chi connectivity index (χ4n) is 2.41. The molecular formula is C14H20FNO. The van der Waals surface area contributed by atoms with Gasteiger partial charge in [0.2, 0.25) is 0 Å². The van der Waals surface area contributed by atoms with Gasteiger partial charge in [-0.1, -0.05) is 25.0 Å². The molecule has 17 heavy (non-hydrogen) atoms. The number of para-hydroxylation sites is 1. The lowest BCUT2D eigenvalue weighted by atomic mass is 10.1. The van der Waals surface area contributed by atoms with Gasteiger partial charge >= 0.3 is 0 Å². The maximum atomic E-state index is 13.7. The Morgan fingerprint density at radius 2 is 2.12 bits per heavy atom. The Bertz CT molecular complexity index is 372. The highest BCUT2D eigenvalue weighted by atomic mass is 19.1. The SMILES string of the molecule is C[C@H](N)c1cccc(F)c1OCC1CCCC1. The fourth-order valence-corrected chi connectivity index (χ4v) is 2.41. The Kier molecular flexibility index (Phi) is 4.00. The molecule has 1 fully saturated rings. The van der Waals surface area contributed by atoms with Crippen LogP contribution in [0, 0.1) is 11.7 Å². The lowest BCUT2D eigenvalue weighted by Gasteiger charge is -2.17. The molecule has 0 bridgehead atoms. The van der Waals surface area contributed by atoms with Crippen molar-refractivity contribution in [2.24, 2.45) is 11.7 Å². The predicted octanol–water partition coefficient (Wildman–Crippen LogP) is 3.41. The molecule has 0 aliphatic heterocycles. The zero-order chi connectivity index (χ0) is 12.3. The molecule has 1 atom stereocenters. The molecule has 0 spiro atoms. The average Bonchev–Trinajstić information content (AvgIpc) is 2.80. The van der Waals surface area contributed by atoms with Crippen molar-refractivity contribution in [2.45, 2.75) is 38.6 Å². The van der Waals surface area contributed by atoms with Crippen molar-refractivity contribution in [1.82, 2.24) is 0 Å². The Labute approximate surface area is 102 Å². The number of benzene rings is 1. The second-order valence-corrected chi connectivity index (χ2v) is 4.91. The van der Waals surface area contributed by atoms with Crippen LogP contribution >= 0.6 is 0 Å². The van der Waals surface area contributed by atoms with E-state index in [9.17, 15) is 4.39 Å². The summed E-state index contributed by atoms with van der Waals surface area (Å²) in [7, 11) is 0. The molecule has 94 valence electrons.